The van der Waals surface area contributed by atoms with Crippen molar-refractivity contribution < 1.29 is 16.8 Å². The first kappa shape index (κ1) is 44.1. The summed E-state index contributed by atoms with van der Waals surface area (Å²) in [4.78, 5) is 38.9. The van der Waals surface area contributed by atoms with Crippen LogP contribution in [0.2, 0.25) is 50.2 Å². The van der Waals surface area contributed by atoms with Crippen molar-refractivity contribution in [2.75, 3.05) is 0 Å². The summed E-state index contributed by atoms with van der Waals surface area (Å²) in [5, 5.41) is 2.74. The molecule has 3 aromatic heterocycles. The largest absolute Gasteiger partial charge is 2.00 e. The quantitative estimate of drug-likeness (QED) is 0.109. The Labute approximate surface area is 429 Å². The molecule has 0 unspecified atom stereocenters. The molecule has 7 aromatic rings. The van der Waals surface area contributed by atoms with Gasteiger partial charge in [0.2, 0.25) is 0 Å². The maximum Gasteiger partial charge on any atom is 2.00 e. The minimum absolute atomic E-state index is 0. The average molecular weight is 1390 g/mol. The number of hydrogen-bond donors (Lipinski definition) is 0. The molecule has 0 atom stereocenters. The molecular weight excluding hydrogens is 1390 g/mol. The summed E-state index contributed by atoms with van der Waals surface area (Å²) in [5.74, 6) is 0.206. The van der Waals surface area contributed by atoms with E-state index >= 15 is 0 Å². The van der Waals surface area contributed by atoms with E-state index in [1.165, 1.54) is 0 Å². The van der Waals surface area contributed by atoms with Gasteiger partial charge in [-0.1, -0.05) is 116 Å². The summed E-state index contributed by atoms with van der Waals surface area (Å²) in [6.07, 6.45) is 0. The Balaban J connectivity index is 0.00000455. The van der Waals surface area contributed by atoms with Crippen molar-refractivity contribution in [2.45, 2.75) is 0 Å². The first-order valence-electron chi connectivity index (χ1n) is 14.6. The molecule has 0 amide bonds. The third-order valence-corrected chi connectivity index (χ3v) is 19.4. The number of nitrogens with zero attached hydrogens (tertiary/aromatic N) is 8. The zero-order chi connectivity index (χ0) is 40.1. The van der Waals surface area contributed by atoms with Gasteiger partial charge < -0.3 is 29.9 Å². The molecule has 0 N–H and O–H groups in total. The SMILES string of the molecule is Clc1c(Cl)c(Br)c2c(c1Cl)-c1nc-2nc2[n-]c(nc3nc(nc4[n-]c(n1)c1c(Cl)c(Br)c(Cl)c(Br)c41)-c1c(Cl)c(Cl)c(Br)c(Cl)c1-3)c1c(Br)c(Cl)c(Br)c(Cl)c21.[Co+2]. The van der Waals surface area contributed by atoms with E-state index in [4.69, 9.17) is 156 Å². The van der Waals surface area contributed by atoms with Crippen LogP contribution < -0.4 is 9.97 Å². The molecule has 289 valence electrons. The van der Waals surface area contributed by atoms with E-state index in [2.05, 4.69) is 95.6 Å². The van der Waals surface area contributed by atoms with Crippen LogP contribution in [0.25, 0.3) is 89.7 Å². The molecule has 4 aromatic carbocycles. The van der Waals surface area contributed by atoms with Gasteiger partial charge in [-0.2, -0.15) is 0 Å². The van der Waals surface area contributed by atoms with Gasteiger partial charge in [0, 0.05) is 79.8 Å². The normalized spacial score (nSPS) is 12.1. The van der Waals surface area contributed by atoms with E-state index in [0.29, 0.717) is 53.9 Å². The molecule has 0 saturated carbocycles. The van der Waals surface area contributed by atoms with Crippen LogP contribution in [-0.4, -0.2) is 29.9 Å². The van der Waals surface area contributed by atoms with Crippen LogP contribution in [0.4, 0.5) is 0 Å². The molecule has 8 nitrogen and oxygen atoms in total. The third-order valence-electron chi connectivity index (χ3n) is 8.55. The van der Waals surface area contributed by atoms with Gasteiger partial charge in [-0.05, 0) is 95.6 Å². The molecule has 0 spiro atoms. The second-order valence-corrected chi connectivity index (χ2v) is 20.0. The van der Waals surface area contributed by atoms with Crippen molar-refractivity contribution in [1.82, 2.24) is 39.9 Å². The third kappa shape index (κ3) is 6.52. The Morgan fingerprint density at radius 1 is 0.281 bits per heavy atom. The van der Waals surface area contributed by atoms with Crippen molar-refractivity contribution in [2.24, 2.45) is 0 Å². The number of aromatic nitrogens is 8. The molecule has 0 saturated heterocycles. The van der Waals surface area contributed by atoms with Crippen LogP contribution in [0.15, 0.2) is 26.8 Å². The van der Waals surface area contributed by atoms with E-state index in [-0.39, 0.29) is 130 Å². The van der Waals surface area contributed by atoms with Crippen LogP contribution in [0, 0.1) is 0 Å². The van der Waals surface area contributed by atoms with Crippen LogP contribution in [0.1, 0.15) is 0 Å². The number of hydrogen-bond acceptors (Lipinski definition) is 6. The standard InChI is InChI=1S/C32Br6Cl10N8.Co/c33-9-1-4(15(39)12(36)20(9)44)28-49-25(1)53-31-7-8(18(42)23(47)14(38)17(7)41)32(56-31)54-26-2-5(16(40)13(37)21(45)10(2)34)29(50-26)55-30-6-3(27(51-28)52-30)11(35)22(46)24(48)19(6)43;/q-2;+2. The topological polar surface area (TPSA) is 106 Å². The number of rotatable bonds is 0. The maximum absolute atomic E-state index is 6.98. The first-order chi connectivity index (χ1) is 26.4. The summed E-state index contributed by atoms with van der Waals surface area (Å²) in [7, 11) is 0. The van der Waals surface area contributed by atoms with E-state index in [0.717, 1.165) is 0 Å². The molecule has 57 heavy (non-hydrogen) atoms. The molecule has 5 heterocycles. The van der Waals surface area contributed by atoms with Crippen LogP contribution in [0.3, 0.4) is 0 Å². The summed E-state index contributed by atoms with van der Waals surface area (Å²) in [6, 6.07) is 0. The van der Waals surface area contributed by atoms with Gasteiger partial charge in [0.05, 0.1) is 86.9 Å². The molecular formula is C32Br6Cl10CoN8. The zero-order valence-corrected chi connectivity index (χ0v) is 44.1. The van der Waals surface area contributed by atoms with Gasteiger partial charge in [-0.3, -0.25) is 0 Å². The predicted molar refractivity (Wildman–Crippen MR) is 250 cm³/mol. The van der Waals surface area contributed by atoms with Crippen molar-refractivity contribution >= 4 is 256 Å². The average Bonchev–Trinajstić information content (AvgIpc) is 3.92. The van der Waals surface area contributed by atoms with Gasteiger partial charge >= 0.3 is 16.8 Å². The van der Waals surface area contributed by atoms with Crippen molar-refractivity contribution in [3.05, 3.63) is 77.1 Å². The summed E-state index contributed by atoms with van der Waals surface area (Å²) < 4.78 is 2.12. The predicted octanol–water partition coefficient (Wildman–Crippen LogP) is 17.2. The van der Waals surface area contributed by atoms with Gasteiger partial charge in [-0.15, -0.1) is 0 Å². The Kier molecular flexibility index (Phi) is 12.4. The van der Waals surface area contributed by atoms with Gasteiger partial charge in [0.1, 0.15) is 0 Å². The molecule has 0 fully saturated rings. The van der Waals surface area contributed by atoms with Crippen molar-refractivity contribution in [3.8, 4) is 45.6 Å². The molecule has 1 radical (unpaired) electrons. The number of halogens is 16. The van der Waals surface area contributed by atoms with Gasteiger partial charge in [-0.25, -0.2) is 9.97 Å². The van der Waals surface area contributed by atoms with Crippen molar-refractivity contribution in [1.29, 1.82) is 0 Å². The minimum Gasteiger partial charge on any atom is -0.357 e. The fourth-order valence-corrected chi connectivity index (χ4v) is 12.3. The molecule has 2 aliphatic heterocycles. The fraction of sp³-hybridized carbons (Fsp3) is 0. The number of benzene rings is 4. The minimum atomic E-state index is 0. The Bertz CT molecular complexity index is 2840. The van der Waals surface area contributed by atoms with Crippen LogP contribution in [-0.2, 0) is 16.8 Å². The first-order valence-corrected chi connectivity index (χ1v) is 23.1. The van der Waals surface area contributed by atoms with E-state index < -0.39 is 0 Å². The summed E-state index contributed by atoms with van der Waals surface area (Å²) in [6.45, 7) is 0. The molecule has 0 aliphatic carbocycles. The smallest absolute Gasteiger partial charge is 0.357 e. The Morgan fingerprint density at radius 2 is 0.596 bits per heavy atom. The van der Waals surface area contributed by atoms with Crippen molar-refractivity contribution in [3.63, 3.8) is 0 Å². The Morgan fingerprint density at radius 3 is 1.04 bits per heavy atom. The number of fused-ring (bicyclic) bond motifs is 20. The molecule has 2 aliphatic rings. The molecule has 25 heteroatoms. The monoisotopic (exact) mass is 1380 g/mol. The van der Waals surface area contributed by atoms with E-state index in [1.54, 1.807) is 0 Å². The van der Waals surface area contributed by atoms with Gasteiger partial charge in [0.15, 0.2) is 0 Å². The van der Waals surface area contributed by atoms with E-state index in [1.807, 2.05) is 0 Å². The zero-order valence-electron chi connectivity index (χ0n) is 26.0. The van der Waals surface area contributed by atoms with Gasteiger partial charge in [0.25, 0.3) is 0 Å². The second-order valence-electron chi connectivity index (χ2n) is 11.5. The van der Waals surface area contributed by atoms with Crippen LogP contribution in [0.5, 0.6) is 0 Å². The van der Waals surface area contributed by atoms with Crippen LogP contribution >= 0.6 is 212 Å². The second kappa shape index (κ2) is 16.0. The summed E-state index contributed by atoms with van der Waals surface area (Å²) in [5.41, 5.74) is 1.46. The molecule has 9 rings (SSSR count). The maximum atomic E-state index is 6.98. The Hall–Kier alpha value is 0.526. The molecule has 8 bridgehead atoms. The fourth-order valence-electron chi connectivity index (χ4n) is 6.10. The van der Waals surface area contributed by atoms with E-state index in [9.17, 15) is 0 Å². The summed E-state index contributed by atoms with van der Waals surface area (Å²) >= 11 is 89.5.